The molecule has 1 N–H and O–H groups in total. The van der Waals surface area contributed by atoms with Crippen LogP contribution in [0.15, 0.2) is 18.2 Å². The Morgan fingerprint density at radius 2 is 2.10 bits per heavy atom. The Balaban J connectivity index is 1.99. The molecule has 0 spiro atoms. The second-order valence-electron chi connectivity index (χ2n) is 4.76. The standard InChI is InChI=1S/C14H16F2N2O2/c1-2-5-18-13(19)7-12(14(18)20)17-8-9-6-10(15)3-4-11(9)16/h3-4,6,12,17H,2,5,7-8H2,1H3. The molecular weight excluding hydrogens is 266 g/mol. The first-order chi connectivity index (χ1) is 9.52. The third-order valence-corrected chi connectivity index (χ3v) is 3.24. The first-order valence-electron chi connectivity index (χ1n) is 6.54. The maximum Gasteiger partial charge on any atom is 0.246 e. The number of halogens is 2. The van der Waals surface area contributed by atoms with Gasteiger partial charge in [-0.05, 0) is 24.6 Å². The molecule has 1 aromatic carbocycles. The van der Waals surface area contributed by atoms with E-state index >= 15 is 0 Å². The highest BCUT2D eigenvalue weighted by Crippen LogP contribution is 2.15. The van der Waals surface area contributed by atoms with E-state index in [4.69, 9.17) is 0 Å². The zero-order chi connectivity index (χ0) is 14.7. The van der Waals surface area contributed by atoms with Gasteiger partial charge < -0.3 is 5.32 Å². The number of nitrogens with one attached hydrogen (secondary N) is 1. The van der Waals surface area contributed by atoms with E-state index in [0.29, 0.717) is 13.0 Å². The molecule has 1 heterocycles. The fourth-order valence-electron chi connectivity index (χ4n) is 2.21. The Labute approximate surface area is 115 Å². The van der Waals surface area contributed by atoms with Crippen molar-refractivity contribution in [3.05, 3.63) is 35.4 Å². The molecule has 0 aromatic heterocycles. The normalized spacial score (nSPS) is 18.9. The van der Waals surface area contributed by atoms with Crippen LogP contribution in [0.1, 0.15) is 25.3 Å². The molecule has 2 rings (SSSR count). The van der Waals surface area contributed by atoms with Crippen molar-refractivity contribution in [1.82, 2.24) is 10.2 Å². The van der Waals surface area contributed by atoms with Gasteiger partial charge >= 0.3 is 0 Å². The summed E-state index contributed by atoms with van der Waals surface area (Å²) in [4.78, 5) is 24.8. The maximum atomic E-state index is 13.4. The predicted molar refractivity (Wildman–Crippen MR) is 68.6 cm³/mol. The van der Waals surface area contributed by atoms with Crippen molar-refractivity contribution < 1.29 is 18.4 Å². The quantitative estimate of drug-likeness (QED) is 0.834. The Bertz CT molecular complexity index is 534. The lowest BCUT2D eigenvalue weighted by Gasteiger charge is -2.14. The minimum Gasteiger partial charge on any atom is -0.301 e. The molecular formula is C14H16F2N2O2. The summed E-state index contributed by atoms with van der Waals surface area (Å²) in [5.74, 6) is -1.60. The molecule has 6 heteroatoms. The smallest absolute Gasteiger partial charge is 0.246 e. The van der Waals surface area contributed by atoms with Gasteiger partial charge in [0.1, 0.15) is 11.6 Å². The third kappa shape index (κ3) is 3.01. The van der Waals surface area contributed by atoms with Crippen molar-refractivity contribution in [2.24, 2.45) is 0 Å². The van der Waals surface area contributed by atoms with Gasteiger partial charge in [0.25, 0.3) is 0 Å². The number of likely N-dealkylation sites (tertiary alicyclic amines) is 1. The van der Waals surface area contributed by atoms with Crippen LogP contribution >= 0.6 is 0 Å². The van der Waals surface area contributed by atoms with Crippen molar-refractivity contribution in [3.8, 4) is 0 Å². The second-order valence-corrected chi connectivity index (χ2v) is 4.76. The van der Waals surface area contributed by atoms with Crippen molar-refractivity contribution in [2.75, 3.05) is 6.54 Å². The summed E-state index contributed by atoms with van der Waals surface area (Å²) in [5.41, 5.74) is 0.138. The van der Waals surface area contributed by atoms with E-state index in [1.54, 1.807) is 0 Å². The molecule has 4 nitrogen and oxygen atoms in total. The number of carbonyl (C=O) groups excluding carboxylic acids is 2. The van der Waals surface area contributed by atoms with Crippen molar-refractivity contribution in [3.63, 3.8) is 0 Å². The van der Waals surface area contributed by atoms with Gasteiger partial charge in [-0.3, -0.25) is 14.5 Å². The summed E-state index contributed by atoms with van der Waals surface area (Å²) >= 11 is 0. The van der Waals surface area contributed by atoms with Gasteiger partial charge in [0.15, 0.2) is 0 Å². The van der Waals surface area contributed by atoms with Crippen LogP contribution in [0.3, 0.4) is 0 Å². The van der Waals surface area contributed by atoms with Crippen LogP contribution in [0.5, 0.6) is 0 Å². The van der Waals surface area contributed by atoms with Gasteiger partial charge in [0.05, 0.1) is 12.5 Å². The highest BCUT2D eigenvalue weighted by Gasteiger charge is 2.37. The van der Waals surface area contributed by atoms with E-state index in [9.17, 15) is 18.4 Å². The molecule has 1 aromatic rings. The molecule has 20 heavy (non-hydrogen) atoms. The summed E-state index contributed by atoms with van der Waals surface area (Å²) in [5, 5.41) is 2.82. The molecule has 1 aliphatic rings. The first-order valence-corrected chi connectivity index (χ1v) is 6.54. The summed E-state index contributed by atoms with van der Waals surface area (Å²) in [6.07, 6.45) is 0.762. The van der Waals surface area contributed by atoms with E-state index in [2.05, 4.69) is 5.32 Å². The largest absolute Gasteiger partial charge is 0.301 e. The molecule has 2 amide bonds. The average Bonchev–Trinajstić information content (AvgIpc) is 2.68. The van der Waals surface area contributed by atoms with Crippen molar-refractivity contribution in [2.45, 2.75) is 32.4 Å². The Morgan fingerprint density at radius 3 is 2.80 bits per heavy atom. The lowest BCUT2D eigenvalue weighted by Crippen LogP contribution is -2.38. The molecule has 0 saturated carbocycles. The fraction of sp³-hybridized carbons (Fsp3) is 0.429. The average molecular weight is 282 g/mol. The molecule has 0 aliphatic carbocycles. The van der Waals surface area contributed by atoms with Crippen LogP contribution in [0.25, 0.3) is 0 Å². The molecule has 0 radical (unpaired) electrons. The molecule has 1 saturated heterocycles. The third-order valence-electron chi connectivity index (χ3n) is 3.24. The fourth-order valence-corrected chi connectivity index (χ4v) is 2.21. The van der Waals surface area contributed by atoms with Gasteiger partial charge in [-0.15, -0.1) is 0 Å². The number of hydrogen-bond donors (Lipinski definition) is 1. The van der Waals surface area contributed by atoms with E-state index in [1.807, 2.05) is 6.92 Å². The predicted octanol–water partition coefficient (Wildman–Crippen LogP) is 1.59. The highest BCUT2D eigenvalue weighted by molar-refractivity contribution is 6.05. The highest BCUT2D eigenvalue weighted by atomic mass is 19.1. The number of rotatable bonds is 5. The summed E-state index contributed by atoms with van der Waals surface area (Å²) in [6.45, 7) is 2.28. The Kier molecular flexibility index (Phi) is 4.44. The Morgan fingerprint density at radius 1 is 1.35 bits per heavy atom. The first kappa shape index (κ1) is 14.6. The summed E-state index contributed by atoms with van der Waals surface area (Å²) < 4.78 is 26.5. The van der Waals surface area contributed by atoms with Crippen molar-refractivity contribution >= 4 is 11.8 Å². The van der Waals surface area contributed by atoms with E-state index < -0.39 is 17.7 Å². The topological polar surface area (TPSA) is 49.4 Å². The van der Waals surface area contributed by atoms with Gasteiger partial charge in [0.2, 0.25) is 11.8 Å². The van der Waals surface area contributed by atoms with E-state index in [-0.39, 0.29) is 30.3 Å². The molecule has 1 unspecified atom stereocenters. The minimum absolute atomic E-state index is 0.00719. The zero-order valence-electron chi connectivity index (χ0n) is 11.2. The monoisotopic (exact) mass is 282 g/mol. The van der Waals surface area contributed by atoms with E-state index in [1.165, 1.54) is 4.90 Å². The Hall–Kier alpha value is -1.82. The van der Waals surface area contributed by atoms with Gasteiger partial charge in [-0.1, -0.05) is 6.92 Å². The number of hydrogen-bond acceptors (Lipinski definition) is 3. The molecule has 1 atom stereocenters. The van der Waals surface area contributed by atoms with Crippen molar-refractivity contribution in [1.29, 1.82) is 0 Å². The van der Waals surface area contributed by atoms with Gasteiger partial charge in [-0.2, -0.15) is 0 Å². The molecule has 1 fully saturated rings. The zero-order valence-corrected chi connectivity index (χ0v) is 11.2. The molecule has 1 aliphatic heterocycles. The summed E-state index contributed by atoms with van der Waals surface area (Å²) in [6, 6.07) is 2.49. The van der Waals surface area contributed by atoms with Crippen LogP contribution in [-0.2, 0) is 16.1 Å². The maximum absolute atomic E-state index is 13.4. The van der Waals surface area contributed by atoms with Crippen LogP contribution in [0.4, 0.5) is 8.78 Å². The second kappa shape index (κ2) is 6.09. The lowest BCUT2D eigenvalue weighted by atomic mass is 10.1. The SMILES string of the molecule is CCCN1C(=O)CC(NCc2cc(F)ccc2F)C1=O. The minimum atomic E-state index is -0.656. The van der Waals surface area contributed by atoms with Gasteiger partial charge in [-0.25, -0.2) is 8.78 Å². The molecule has 108 valence electrons. The van der Waals surface area contributed by atoms with Crippen LogP contribution in [-0.4, -0.2) is 29.3 Å². The number of nitrogens with zero attached hydrogens (tertiary/aromatic N) is 1. The lowest BCUT2D eigenvalue weighted by molar-refractivity contribution is -0.138. The van der Waals surface area contributed by atoms with Crippen LogP contribution < -0.4 is 5.32 Å². The number of carbonyl (C=O) groups is 2. The number of imide groups is 1. The number of amides is 2. The number of benzene rings is 1. The van der Waals surface area contributed by atoms with Crippen LogP contribution in [0.2, 0.25) is 0 Å². The van der Waals surface area contributed by atoms with Crippen LogP contribution in [0, 0.1) is 11.6 Å². The van der Waals surface area contributed by atoms with Gasteiger partial charge in [0, 0.05) is 18.7 Å². The summed E-state index contributed by atoms with van der Waals surface area (Å²) in [7, 11) is 0. The van der Waals surface area contributed by atoms with E-state index in [0.717, 1.165) is 18.2 Å². The molecule has 0 bridgehead atoms.